The molecule has 1 saturated heterocycles. The third-order valence-corrected chi connectivity index (χ3v) is 8.84. The predicted molar refractivity (Wildman–Crippen MR) is 132 cm³/mol. The predicted octanol–water partition coefficient (Wildman–Crippen LogP) is 0.738. The lowest BCUT2D eigenvalue weighted by molar-refractivity contribution is -0.127. The summed E-state index contributed by atoms with van der Waals surface area (Å²) in [6.45, 7) is 3.36. The Balaban J connectivity index is 1.30. The average Bonchev–Trinajstić information content (AvgIpc) is 2.86. The summed E-state index contributed by atoms with van der Waals surface area (Å²) in [5.41, 5.74) is 1.27. The molecule has 13 heteroatoms. The Kier molecular flexibility index (Phi) is 7.73. The van der Waals surface area contributed by atoms with E-state index in [0.29, 0.717) is 43.5 Å². The second-order valence-electron chi connectivity index (χ2n) is 8.50. The van der Waals surface area contributed by atoms with Crippen molar-refractivity contribution in [2.75, 3.05) is 56.6 Å². The molecule has 0 aliphatic carbocycles. The third kappa shape index (κ3) is 5.91. The van der Waals surface area contributed by atoms with Gasteiger partial charge in [0.25, 0.3) is 5.91 Å². The van der Waals surface area contributed by atoms with Crippen molar-refractivity contribution in [3.05, 3.63) is 48.0 Å². The molecule has 2 aliphatic heterocycles. The van der Waals surface area contributed by atoms with Crippen LogP contribution in [0, 0.1) is 6.92 Å². The van der Waals surface area contributed by atoms with Crippen molar-refractivity contribution < 1.29 is 35.8 Å². The van der Waals surface area contributed by atoms with Gasteiger partial charge in [0, 0.05) is 13.1 Å². The molecule has 0 bridgehead atoms. The number of carbonyl (C=O) groups excluding carboxylic acids is 1. The van der Waals surface area contributed by atoms with E-state index in [1.54, 1.807) is 30.3 Å². The van der Waals surface area contributed by atoms with Crippen LogP contribution in [0.4, 0.5) is 5.69 Å². The van der Waals surface area contributed by atoms with Crippen LogP contribution in [0.15, 0.2) is 47.4 Å². The Bertz CT molecular complexity index is 1310. The number of ether oxygens (including phenoxy) is 3. The number of nitrogens with zero attached hydrogens (tertiary/aromatic N) is 2. The summed E-state index contributed by atoms with van der Waals surface area (Å²) in [7, 11) is -7.19. The second kappa shape index (κ2) is 10.6. The van der Waals surface area contributed by atoms with Crippen molar-refractivity contribution in [2.24, 2.45) is 0 Å². The van der Waals surface area contributed by atoms with E-state index in [4.69, 9.17) is 14.2 Å². The maximum Gasteiger partial charge on any atom is 0.263 e. The molecule has 2 aromatic carbocycles. The first kappa shape index (κ1) is 26.2. The van der Waals surface area contributed by atoms with E-state index in [-0.39, 0.29) is 24.6 Å². The van der Waals surface area contributed by atoms with Crippen molar-refractivity contribution in [2.45, 2.75) is 17.9 Å². The number of fused-ring (bicyclic) bond motifs is 1. The SMILES string of the molecule is Cc1ccc2c(c1)O[C@@H](C(=O)NCCOc1ccc(S(=O)(=O)N3CCOCC3)cc1)CN2S(C)(=O)=O. The fourth-order valence-electron chi connectivity index (χ4n) is 3.91. The zero-order valence-corrected chi connectivity index (χ0v) is 21.7. The minimum Gasteiger partial charge on any atom is -0.492 e. The monoisotopic (exact) mass is 539 g/mol. The average molecular weight is 540 g/mol. The maximum atomic E-state index is 12.7. The molecule has 0 aromatic heterocycles. The van der Waals surface area contributed by atoms with Gasteiger partial charge in [-0.1, -0.05) is 6.07 Å². The van der Waals surface area contributed by atoms with Crippen LogP contribution in [-0.2, 0) is 29.6 Å². The number of morpholine rings is 1. The Morgan fingerprint density at radius 2 is 1.78 bits per heavy atom. The number of benzene rings is 2. The van der Waals surface area contributed by atoms with E-state index in [1.165, 1.54) is 20.7 Å². The van der Waals surface area contributed by atoms with Gasteiger partial charge in [-0.25, -0.2) is 16.8 Å². The zero-order chi connectivity index (χ0) is 25.9. The number of sulfonamides is 2. The fourth-order valence-corrected chi connectivity index (χ4v) is 6.23. The molecule has 1 N–H and O–H groups in total. The molecule has 36 heavy (non-hydrogen) atoms. The summed E-state index contributed by atoms with van der Waals surface area (Å²) in [6, 6.07) is 11.2. The quantitative estimate of drug-likeness (QED) is 0.486. The molecule has 2 heterocycles. The molecular weight excluding hydrogens is 510 g/mol. The Morgan fingerprint density at radius 1 is 1.08 bits per heavy atom. The highest BCUT2D eigenvalue weighted by Gasteiger charge is 2.35. The molecule has 196 valence electrons. The van der Waals surface area contributed by atoms with Gasteiger partial charge in [-0.15, -0.1) is 0 Å². The maximum absolute atomic E-state index is 12.7. The largest absolute Gasteiger partial charge is 0.492 e. The van der Waals surface area contributed by atoms with Crippen LogP contribution in [0.2, 0.25) is 0 Å². The first-order valence-electron chi connectivity index (χ1n) is 11.4. The van der Waals surface area contributed by atoms with Gasteiger partial charge in [-0.2, -0.15) is 4.31 Å². The van der Waals surface area contributed by atoms with Crippen molar-refractivity contribution >= 4 is 31.6 Å². The number of rotatable bonds is 8. The summed E-state index contributed by atoms with van der Waals surface area (Å²) in [6.07, 6.45) is 0.0705. The molecule has 11 nitrogen and oxygen atoms in total. The summed E-state index contributed by atoms with van der Waals surface area (Å²) in [4.78, 5) is 12.9. The Labute approximate surface area is 211 Å². The normalized spacial score (nSPS) is 18.7. The number of anilines is 1. The van der Waals surface area contributed by atoms with Gasteiger partial charge in [0.1, 0.15) is 18.1 Å². The van der Waals surface area contributed by atoms with Crippen LogP contribution in [0.3, 0.4) is 0 Å². The van der Waals surface area contributed by atoms with Gasteiger partial charge in [0.05, 0.1) is 43.1 Å². The number of amides is 1. The van der Waals surface area contributed by atoms with Crippen molar-refractivity contribution in [1.29, 1.82) is 0 Å². The first-order chi connectivity index (χ1) is 17.1. The van der Waals surface area contributed by atoms with E-state index < -0.39 is 32.1 Å². The first-order valence-corrected chi connectivity index (χ1v) is 14.7. The van der Waals surface area contributed by atoms with Gasteiger partial charge in [-0.3, -0.25) is 9.10 Å². The van der Waals surface area contributed by atoms with Gasteiger partial charge < -0.3 is 19.5 Å². The fraction of sp³-hybridized carbons (Fsp3) is 0.435. The van der Waals surface area contributed by atoms with Crippen LogP contribution in [0.25, 0.3) is 0 Å². The van der Waals surface area contributed by atoms with Crippen molar-refractivity contribution in [1.82, 2.24) is 9.62 Å². The lowest BCUT2D eigenvalue weighted by Gasteiger charge is -2.34. The van der Waals surface area contributed by atoms with Gasteiger partial charge in [-0.05, 0) is 48.9 Å². The van der Waals surface area contributed by atoms with E-state index in [1.807, 2.05) is 6.92 Å². The summed E-state index contributed by atoms with van der Waals surface area (Å²) in [5.74, 6) is 0.313. The third-order valence-electron chi connectivity index (χ3n) is 5.78. The molecule has 0 saturated carbocycles. The lowest BCUT2D eigenvalue weighted by Crippen LogP contribution is -2.51. The highest BCUT2D eigenvalue weighted by molar-refractivity contribution is 7.92. The molecule has 1 atom stereocenters. The van der Waals surface area contributed by atoms with E-state index in [9.17, 15) is 21.6 Å². The minimum absolute atomic E-state index is 0.125. The van der Waals surface area contributed by atoms with E-state index >= 15 is 0 Å². The van der Waals surface area contributed by atoms with Crippen LogP contribution in [0.1, 0.15) is 5.56 Å². The molecule has 2 aliphatic rings. The summed E-state index contributed by atoms with van der Waals surface area (Å²) in [5, 5.41) is 2.69. The van der Waals surface area contributed by atoms with Crippen LogP contribution < -0.4 is 19.1 Å². The number of aryl methyl sites for hydroxylation is 1. The summed E-state index contributed by atoms with van der Waals surface area (Å²) >= 11 is 0. The highest BCUT2D eigenvalue weighted by Crippen LogP contribution is 2.35. The van der Waals surface area contributed by atoms with Gasteiger partial charge >= 0.3 is 0 Å². The number of carbonyl (C=O) groups is 1. The molecule has 1 amide bonds. The lowest BCUT2D eigenvalue weighted by atomic mass is 10.1. The zero-order valence-electron chi connectivity index (χ0n) is 20.0. The number of nitrogens with one attached hydrogen (secondary N) is 1. The summed E-state index contributed by atoms with van der Waals surface area (Å²) < 4.78 is 69.1. The number of hydrogen-bond donors (Lipinski definition) is 1. The molecule has 0 spiro atoms. The van der Waals surface area contributed by atoms with Crippen molar-refractivity contribution in [3.63, 3.8) is 0 Å². The molecule has 1 fully saturated rings. The molecule has 2 aromatic rings. The second-order valence-corrected chi connectivity index (χ2v) is 12.3. The molecular formula is C23H29N3O8S2. The van der Waals surface area contributed by atoms with Crippen molar-refractivity contribution in [3.8, 4) is 11.5 Å². The Morgan fingerprint density at radius 3 is 2.44 bits per heavy atom. The molecule has 4 rings (SSSR count). The minimum atomic E-state index is -3.60. The van der Waals surface area contributed by atoms with Crippen LogP contribution in [0.5, 0.6) is 11.5 Å². The molecule has 0 radical (unpaired) electrons. The van der Waals surface area contributed by atoms with Gasteiger partial charge in [0.2, 0.25) is 20.0 Å². The van der Waals surface area contributed by atoms with Gasteiger partial charge in [0.15, 0.2) is 6.10 Å². The number of hydrogen-bond acceptors (Lipinski definition) is 8. The van der Waals surface area contributed by atoms with E-state index in [0.717, 1.165) is 11.8 Å². The standard InChI is InChI=1S/C23H29N3O8S2/c1-17-3-8-20-21(15-17)34-22(16-26(20)35(2,28)29)23(27)24-9-12-33-18-4-6-19(7-5-18)36(30,31)25-10-13-32-14-11-25/h3-8,15,22H,9-14,16H2,1-2H3,(H,24,27)/t22-/m1/s1. The van der Waals surface area contributed by atoms with Crippen LogP contribution >= 0.6 is 0 Å². The topological polar surface area (TPSA) is 132 Å². The highest BCUT2D eigenvalue weighted by atomic mass is 32.2. The smallest absolute Gasteiger partial charge is 0.263 e. The van der Waals surface area contributed by atoms with E-state index in [2.05, 4.69) is 5.32 Å². The van der Waals surface area contributed by atoms with Crippen LogP contribution in [-0.4, -0.2) is 85.4 Å². The Hall–Kier alpha value is -2.87. The molecule has 0 unspecified atom stereocenters.